The summed E-state index contributed by atoms with van der Waals surface area (Å²) in [5, 5.41) is 3.32. The van der Waals surface area contributed by atoms with Crippen LogP contribution in [0.4, 0.5) is 5.69 Å². The molecule has 0 bridgehead atoms. The third-order valence-electron chi connectivity index (χ3n) is 6.92. The van der Waals surface area contributed by atoms with E-state index in [4.69, 9.17) is 16.3 Å². The highest BCUT2D eigenvalue weighted by Gasteiger charge is 2.33. The van der Waals surface area contributed by atoms with Gasteiger partial charge in [0.25, 0.3) is 0 Å². The Balaban J connectivity index is 1.63. The summed E-state index contributed by atoms with van der Waals surface area (Å²) in [4.78, 5) is 29.0. The summed E-state index contributed by atoms with van der Waals surface area (Å²) in [6.07, 6.45) is 1.29. The zero-order valence-corrected chi connectivity index (χ0v) is 26.3. The van der Waals surface area contributed by atoms with Gasteiger partial charge in [-0.1, -0.05) is 84.4 Å². The van der Waals surface area contributed by atoms with E-state index in [2.05, 4.69) is 5.32 Å². The van der Waals surface area contributed by atoms with Crippen molar-refractivity contribution < 1.29 is 22.7 Å². The normalized spacial score (nSPS) is 11.8. The van der Waals surface area contributed by atoms with Crippen molar-refractivity contribution in [1.82, 2.24) is 10.2 Å². The molecule has 4 aromatic rings. The van der Waals surface area contributed by atoms with Crippen molar-refractivity contribution in [3.63, 3.8) is 0 Å². The molecule has 44 heavy (non-hydrogen) atoms. The summed E-state index contributed by atoms with van der Waals surface area (Å²) in [6, 6.07) is 31.7. The van der Waals surface area contributed by atoms with Gasteiger partial charge >= 0.3 is 0 Å². The Labute approximate surface area is 264 Å². The van der Waals surface area contributed by atoms with Gasteiger partial charge in [-0.25, -0.2) is 8.42 Å². The van der Waals surface area contributed by atoms with E-state index < -0.39 is 28.5 Å². The number of anilines is 1. The number of sulfonamides is 1. The second-order valence-electron chi connectivity index (χ2n) is 10.3. The Morgan fingerprint density at radius 1 is 0.841 bits per heavy atom. The van der Waals surface area contributed by atoms with Crippen molar-refractivity contribution in [3.05, 3.63) is 131 Å². The number of nitrogens with one attached hydrogen (secondary N) is 1. The molecule has 8 nitrogen and oxygen atoms in total. The highest BCUT2D eigenvalue weighted by Crippen LogP contribution is 2.24. The minimum Gasteiger partial charge on any atom is -0.489 e. The van der Waals surface area contributed by atoms with Gasteiger partial charge in [-0.2, -0.15) is 0 Å². The molecule has 0 fully saturated rings. The van der Waals surface area contributed by atoms with Crippen molar-refractivity contribution in [3.8, 4) is 5.75 Å². The Bertz CT molecular complexity index is 1630. The first-order valence-electron chi connectivity index (χ1n) is 14.2. The Kier molecular flexibility index (Phi) is 11.4. The average Bonchev–Trinajstić information content (AvgIpc) is 3.01. The van der Waals surface area contributed by atoms with Crippen LogP contribution in [0.3, 0.4) is 0 Å². The lowest BCUT2D eigenvalue weighted by atomic mass is 10.0. The molecular formula is C34H36ClN3O5S. The van der Waals surface area contributed by atoms with Crippen molar-refractivity contribution >= 4 is 39.1 Å². The van der Waals surface area contributed by atoms with Crippen molar-refractivity contribution in [1.29, 1.82) is 0 Å². The largest absolute Gasteiger partial charge is 0.489 e. The fourth-order valence-electron chi connectivity index (χ4n) is 4.74. The average molecular weight is 634 g/mol. The SMILES string of the molecule is CCNC(=O)C(Cc1ccccc1)N(Cc1cccc(Cl)c1)C(=O)CN(c1ccc(OCc2ccccc2)cc1)S(C)(=O)=O. The lowest BCUT2D eigenvalue weighted by Crippen LogP contribution is -2.53. The zero-order chi connectivity index (χ0) is 31.5. The van der Waals surface area contributed by atoms with Gasteiger partial charge in [0, 0.05) is 24.5 Å². The molecule has 0 spiro atoms. The van der Waals surface area contributed by atoms with Gasteiger partial charge in [-0.05, 0) is 60.0 Å². The van der Waals surface area contributed by atoms with Gasteiger partial charge in [0.2, 0.25) is 21.8 Å². The first-order chi connectivity index (χ1) is 21.1. The van der Waals surface area contributed by atoms with Gasteiger partial charge in [0.05, 0.1) is 11.9 Å². The molecule has 0 radical (unpaired) electrons. The molecule has 1 atom stereocenters. The molecule has 0 aliphatic heterocycles. The minimum absolute atomic E-state index is 0.0535. The van der Waals surface area contributed by atoms with Gasteiger partial charge in [-0.3, -0.25) is 13.9 Å². The standard InChI is InChI=1S/C34H36ClN3O5S/c1-3-36-34(40)32(22-26-11-6-4-7-12-26)37(23-28-15-10-16-29(35)21-28)33(39)24-38(44(2,41)42)30-17-19-31(20-18-30)43-25-27-13-8-5-9-14-27/h4-21,32H,3,22-25H2,1-2H3,(H,36,40). The van der Waals surface area contributed by atoms with Gasteiger partial charge in [0.15, 0.2) is 0 Å². The number of carbonyl (C=O) groups excluding carboxylic acids is 2. The first kappa shape index (κ1) is 32.6. The number of ether oxygens (including phenoxy) is 1. The fraction of sp³-hybridized carbons (Fsp3) is 0.235. The lowest BCUT2D eigenvalue weighted by molar-refractivity contribution is -0.140. The molecule has 10 heteroatoms. The van der Waals surface area contributed by atoms with Crippen LogP contribution in [0, 0.1) is 0 Å². The Morgan fingerprint density at radius 2 is 1.45 bits per heavy atom. The van der Waals surface area contributed by atoms with Gasteiger partial charge < -0.3 is 15.0 Å². The quantitative estimate of drug-likeness (QED) is 0.199. The van der Waals surface area contributed by atoms with E-state index in [-0.39, 0.29) is 18.9 Å². The summed E-state index contributed by atoms with van der Waals surface area (Å²) in [7, 11) is -3.89. The zero-order valence-electron chi connectivity index (χ0n) is 24.7. The maximum atomic E-state index is 14.1. The van der Waals surface area contributed by atoms with Gasteiger partial charge in [0.1, 0.15) is 24.9 Å². The van der Waals surface area contributed by atoms with Crippen LogP contribution in [0.2, 0.25) is 5.02 Å². The lowest BCUT2D eigenvalue weighted by Gasteiger charge is -2.33. The molecule has 0 aliphatic carbocycles. The van der Waals surface area contributed by atoms with E-state index >= 15 is 0 Å². The number of likely N-dealkylation sites (N-methyl/N-ethyl adjacent to an activating group) is 1. The number of amides is 2. The second kappa shape index (κ2) is 15.4. The number of halogens is 1. The Hall–Kier alpha value is -4.34. The van der Waals surface area contributed by atoms with Crippen molar-refractivity contribution in [2.24, 2.45) is 0 Å². The predicted octanol–water partition coefficient (Wildman–Crippen LogP) is 5.46. The molecule has 2 amide bonds. The summed E-state index contributed by atoms with van der Waals surface area (Å²) < 4.78 is 32.9. The van der Waals surface area contributed by atoms with Crippen molar-refractivity contribution in [2.75, 3.05) is 23.7 Å². The number of rotatable bonds is 14. The first-order valence-corrected chi connectivity index (χ1v) is 16.5. The number of benzene rings is 4. The fourth-order valence-corrected chi connectivity index (χ4v) is 5.80. The molecule has 4 rings (SSSR count). The maximum absolute atomic E-state index is 14.1. The summed E-state index contributed by atoms with van der Waals surface area (Å²) in [5.74, 6) is -0.316. The van der Waals surface area contributed by atoms with E-state index in [1.54, 1.807) is 49.4 Å². The molecule has 0 saturated heterocycles. The van der Waals surface area contributed by atoms with Crippen LogP contribution < -0.4 is 14.4 Å². The molecule has 0 saturated carbocycles. The third-order valence-corrected chi connectivity index (χ3v) is 8.29. The summed E-state index contributed by atoms with van der Waals surface area (Å²) in [6.45, 7) is 2.08. The molecule has 4 aromatic carbocycles. The number of hydrogen-bond acceptors (Lipinski definition) is 5. The topological polar surface area (TPSA) is 96.0 Å². The van der Waals surface area contributed by atoms with Crippen LogP contribution in [-0.4, -0.2) is 50.5 Å². The van der Waals surface area contributed by atoms with Crippen LogP contribution in [0.25, 0.3) is 0 Å². The van der Waals surface area contributed by atoms with Crippen LogP contribution in [0.1, 0.15) is 23.6 Å². The van der Waals surface area contributed by atoms with E-state index in [1.165, 1.54) is 4.90 Å². The summed E-state index contributed by atoms with van der Waals surface area (Å²) >= 11 is 6.24. The minimum atomic E-state index is -3.89. The van der Waals surface area contributed by atoms with Crippen LogP contribution in [0.5, 0.6) is 5.75 Å². The van der Waals surface area contributed by atoms with Crippen LogP contribution in [0.15, 0.2) is 109 Å². The Morgan fingerprint density at radius 3 is 2.05 bits per heavy atom. The second-order valence-corrected chi connectivity index (χ2v) is 12.6. The predicted molar refractivity (Wildman–Crippen MR) is 174 cm³/mol. The smallest absolute Gasteiger partial charge is 0.244 e. The maximum Gasteiger partial charge on any atom is 0.244 e. The van der Waals surface area contributed by atoms with E-state index in [0.717, 1.165) is 21.7 Å². The van der Waals surface area contributed by atoms with Crippen molar-refractivity contribution in [2.45, 2.75) is 32.5 Å². The number of hydrogen-bond donors (Lipinski definition) is 1. The van der Waals surface area contributed by atoms with Crippen LogP contribution in [-0.2, 0) is 39.2 Å². The molecular weight excluding hydrogens is 598 g/mol. The molecule has 230 valence electrons. The molecule has 1 N–H and O–H groups in total. The molecule has 0 heterocycles. The number of carbonyl (C=O) groups is 2. The highest BCUT2D eigenvalue weighted by atomic mass is 35.5. The summed E-state index contributed by atoms with van der Waals surface area (Å²) in [5.41, 5.74) is 2.86. The highest BCUT2D eigenvalue weighted by molar-refractivity contribution is 7.92. The van der Waals surface area contributed by atoms with E-state index in [0.29, 0.717) is 35.2 Å². The van der Waals surface area contributed by atoms with E-state index in [9.17, 15) is 18.0 Å². The number of nitrogens with zero attached hydrogens (tertiary/aromatic N) is 2. The van der Waals surface area contributed by atoms with Gasteiger partial charge in [-0.15, -0.1) is 0 Å². The third kappa shape index (κ3) is 9.33. The molecule has 0 aromatic heterocycles. The van der Waals surface area contributed by atoms with E-state index in [1.807, 2.05) is 66.7 Å². The molecule has 0 aliphatic rings. The van der Waals surface area contributed by atoms with Crippen LogP contribution >= 0.6 is 11.6 Å². The molecule has 1 unspecified atom stereocenters. The monoisotopic (exact) mass is 633 g/mol.